The summed E-state index contributed by atoms with van der Waals surface area (Å²) in [5.41, 5.74) is 7.71. The normalized spacial score (nSPS) is 12.4. The number of rotatable bonds is 6. The summed E-state index contributed by atoms with van der Waals surface area (Å²) in [6.45, 7) is 4.41. The molecule has 0 aliphatic heterocycles. The monoisotopic (exact) mass is 344 g/mol. The molecule has 2 aromatic rings. The molecule has 0 saturated heterocycles. The number of aryl methyl sites for hydroxylation is 1. The lowest BCUT2D eigenvalue weighted by molar-refractivity contribution is 0.298. The molecule has 3 nitrogen and oxygen atoms in total. The molecule has 1 atom stereocenters. The Labute approximate surface area is 139 Å². The Morgan fingerprint density at radius 1 is 1.38 bits per heavy atom. The average Bonchev–Trinajstić information content (AvgIpc) is 2.84. The Morgan fingerprint density at radius 3 is 2.76 bits per heavy atom. The van der Waals surface area contributed by atoms with Gasteiger partial charge in [-0.2, -0.15) is 0 Å². The summed E-state index contributed by atoms with van der Waals surface area (Å²) in [5, 5.41) is 4.20. The highest BCUT2D eigenvalue weighted by molar-refractivity contribution is 7.09. The minimum Gasteiger partial charge on any atom is -0.485 e. The van der Waals surface area contributed by atoms with Gasteiger partial charge in [-0.25, -0.2) is 4.98 Å². The first-order valence-electron chi connectivity index (χ1n) is 6.79. The SMILES string of the molecule is CCc1nc(COc2c(Cl)cc(Cl)cc2CC(C)N)cs1. The molecule has 1 heterocycles. The van der Waals surface area contributed by atoms with E-state index in [9.17, 15) is 0 Å². The van der Waals surface area contributed by atoms with Crippen molar-refractivity contribution < 1.29 is 4.74 Å². The number of halogens is 2. The molecule has 0 saturated carbocycles. The van der Waals surface area contributed by atoms with Gasteiger partial charge in [-0.3, -0.25) is 0 Å². The summed E-state index contributed by atoms with van der Waals surface area (Å²) in [5.74, 6) is 0.643. The van der Waals surface area contributed by atoms with E-state index in [2.05, 4.69) is 11.9 Å². The van der Waals surface area contributed by atoms with Crippen LogP contribution in [0.25, 0.3) is 0 Å². The first-order valence-corrected chi connectivity index (χ1v) is 8.42. The summed E-state index contributed by atoms with van der Waals surface area (Å²) >= 11 is 13.9. The molecular formula is C15H18Cl2N2OS. The quantitative estimate of drug-likeness (QED) is 0.840. The largest absolute Gasteiger partial charge is 0.485 e. The third-order valence-electron chi connectivity index (χ3n) is 2.89. The van der Waals surface area contributed by atoms with Crippen LogP contribution in [0.4, 0.5) is 0 Å². The van der Waals surface area contributed by atoms with Crippen LogP contribution in [0.3, 0.4) is 0 Å². The second-order valence-electron chi connectivity index (χ2n) is 4.93. The van der Waals surface area contributed by atoms with Gasteiger partial charge in [0.25, 0.3) is 0 Å². The van der Waals surface area contributed by atoms with Crippen LogP contribution < -0.4 is 10.5 Å². The second-order valence-corrected chi connectivity index (χ2v) is 6.72. The summed E-state index contributed by atoms with van der Waals surface area (Å²) in [7, 11) is 0. The van der Waals surface area contributed by atoms with E-state index in [1.54, 1.807) is 17.4 Å². The zero-order chi connectivity index (χ0) is 15.4. The highest BCUT2D eigenvalue weighted by Gasteiger charge is 2.13. The number of nitrogens with two attached hydrogens (primary N) is 1. The van der Waals surface area contributed by atoms with E-state index in [0.29, 0.717) is 28.8 Å². The van der Waals surface area contributed by atoms with Crippen molar-refractivity contribution >= 4 is 34.5 Å². The van der Waals surface area contributed by atoms with Crippen LogP contribution in [0, 0.1) is 0 Å². The number of thiazole rings is 1. The Morgan fingerprint density at radius 2 is 2.14 bits per heavy atom. The fourth-order valence-electron chi connectivity index (χ4n) is 2.00. The Hall–Kier alpha value is -0.810. The number of ether oxygens (including phenoxy) is 1. The van der Waals surface area contributed by atoms with Gasteiger partial charge in [0.1, 0.15) is 12.4 Å². The highest BCUT2D eigenvalue weighted by Crippen LogP contribution is 2.33. The van der Waals surface area contributed by atoms with E-state index in [4.69, 9.17) is 33.7 Å². The predicted octanol–water partition coefficient (Wildman–Crippen LogP) is 4.48. The average molecular weight is 345 g/mol. The molecule has 2 rings (SSSR count). The summed E-state index contributed by atoms with van der Waals surface area (Å²) in [4.78, 5) is 4.48. The fraction of sp³-hybridized carbons (Fsp3) is 0.400. The molecule has 21 heavy (non-hydrogen) atoms. The Kier molecular flexibility index (Phi) is 5.88. The molecule has 0 aliphatic carbocycles. The number of hydrogen-bond donors (Lipinski definition) is 1. The molecule has 0 amide bonds. The maximum Gasteiger partial charge on any atom is 0.141 e. The standard InChI is InChI=1S/C15H18Cl2N2OS/c1-3-14-19-12(8-21-14)7-20-15-10(4-9(2)18)5-11(16)6-13(15)17/h5-6,8-9H,3-4,7,18H2,1-2H3. The number of hydrogen-bond acceptors (Lipinski definition) is 4. The molecule has 1 aromatic carbocycles. The van der Waals surface area contributed by atoms with Crippen molar-refractivity contribution in [3.05, 3.63) is 43.8 Å². The summed E-state index contributed by atoms with van der Waals surface area (Å²) < 4.78 is 5.87. The van der Waals surface area contributed by atoms with Crippen molar-refractivity contribution in [2.75, 3.05) is 0 Å². The van der Waals surface area contributed by atoms with E-state index in [0.717, 1.165) is 22.7 Å². The topological polar surface area (TPSA) is 48.1 Å². The molecule has 2 N–H and O–H groups in total. The summed E-state index contributed by atoms with van der Waals surface area (Å²) in [6, 6.07) is 3.54. The van der Waals surface area contributed by atoms with E-state index < -0.39 is 0 Å². The van der Waals surface area contributed by atoms with Crippen LogP contribution in [0.15, 0.2) is 17.5 Å². The molecule has 0 aliphatic rings. The number of aromatic nitrogens is 1. The maximum absolute atomic E-state index is 6.25. The molecule has 0 bridgehead atoms. The van der Waals surface area contributed by atoms with Crippen molar-refractivity contribution in [2.45, 2.75) is 39.3 Å². The van der Waals surface area contributed by atoms with Crippen LogP contribution in [-0.4, -0.2) is 11.0 Å². The lowest BCUT2D eigenvalue weighted by Gasteiger charge is -2.14. The van der Waals surface area contributed by atoms with Crippen LogP contribution in [-0.2, 0) is 19.4 Å². The predicted molar refractivity (Wildman–Crippen MR) is 89.6 cm³/mol. The van der Waals surface area contributed by atoms with Gasteiger partial charge in [0.15, 0.2) is 0 Å². The fourth-order valence-corrected chi connectivity index (χ4v) is 3.32. The van der Waals surface area contributed by atoms with Gasteiger partial charge in [-0.05, 0) is 37.5 Å². The molecule has 0 spiro atoms. The third-order valence-corrected chi connectivity index (χ3v) is 4.43. The van der Waals surface area contributed by atoms with Crippen molar-refractivity contribution in [3.63, 3.8) is 0 Å². The first kappa shape index (κ1) is 16.6. The number of benzene rings is 1. The minimum absolute atomic E-state index is 0.00727. The zero-order valence-electron chi connectivity index (χ0n) is 12.0. The smallest absolute Gasteiger partial charge is 0.141 e. The number of nitrogens with zero attached hydrogens (tertiary/aromatic N) is 1. The Bertz CT molecular complexity index is 614. The van der Waals surface area contributed by atoms with Crippen LogP contribution >= 0.6 is 34.5 Å². The van der Waals surface area contributed by atoms with Gasteiger partial charge in [0.05, 0.1) is 15.7 Å². The molecule has 0 radical (unpaired) electrons. The minimum atomic E-state index is 0.00727. The molecule has 114 valence electrons. The molecule has 1 aromatic heterocycles. The Balaban J connectivity index is 2.17. The van der Waals surface area contributed by atoms with Crippen LogP contribution in [0.2, 0.25) is 10.0 Å². The van der Waals surface area contributed by atoms with E-state index >= 15 is 0 Å². The van der Waals surface area contributed by atoms with Crippen LogP contribution in [0.5, 0.6) is 5.75 Å². The van der Waals surface area contributed by atoms with Crippen molar-refractivity contribution in [2.24, 2.45) is 5.73 Å². The van der Waals surface area contributed by atoms with E-state index in [1.165, 1.54) is 0 Å². The van der Waals surface area contributed by atoms with Gasteiger partial charge in [0.2, 0.25) is 0 Å². The van der Waals surface area contributed by atoms with Crippen LogP contribution in [0.1, 0.15) is 30.1 Å². The van der Waals surface area contributed by atoms with Gasteiger partial charge in [-0.1, -0.05) is 30.1 Å². The third kappa shape index (κ3) is 4.58. The first-order chi connectivity index (χ1) is 9.99. The van der Waals surface area contributed by atoms with Gasteiger partial charge < -0.3 is 10.5 Å². The van der Waals surface area contributed by atoms with Gasteiger partial charge in [-0.15, -0.1) is 11.3 Å². The van der Waals surface area contributed by atoms with Gasteiger partial charge in [0, 0.05) is 16.4 Å². The second kappa shape index (κ2) is 7.45. The van der Waals surface area contributed by atoms with E-state index in [-0.39, 0.29) is 6.04 Å². The molecule has 1 unspecified atom stereocenters. The molecule has 6 heteroatoms. The van der Waals surface area contributed by atoms with Crippen molar-refractivity contribution in [1.29, 1.82) is 0 Å². The lowest BCUT2D eigenvalue weighted by Crippen LogP contribution is -2.18. The lowest BCUT2D eigenvalue weighted by atomic mass is 10.1. The highest BCUT2D eigenvalue weighted by atomic mass is 35.5. The van der Waals surface area contributed by atoms with Crippen molar-refractivity contribution in [3.8, 4) is 5.75 Å². The van der Waals surface area contributed by atoms with Gasteiger partial charge >= 0.3 is 0 Å². The maximum atomic E-state index is 6.25. The molecular weight excluding hydrogens is 327 g/mol. The van der Waals surface area contributed by atoms with Crippen molar-refractivity contribution in [1.82, 2.24) is 4.98 Å². The molecule has 0 fully saturated rings. The zero-order valence-corrected chi connectivity index (χ0v) is 14.4. The summed E-state index contributed by atoms with van der Waals surface area (Å²) in [6.07, 6.45) is 1.59. The van der Waals surface area contributed by atoms with E-state index in [1.807, 2.05) is 18.4 Å².